The van der Waals surface area contributed by atoms with Crippen molar-refractivity contribution in [3.05, 3.63) is 33.4 Å². The standard InChI is InChI=1S/C12H16INO2/c1-9(15)8-14(2)12(16)7-10-3-5-11(13)6-4-10/h3-6,9,15H,7-8H2,1-2H3/t9-/m0/s1. The van der Waals surface area contributed by atoms with E-state index < -0.39 is 6.10 Å². The molecule has 1 amide bonds. The number of aliphatic hydroxyl groups excluding tert-OH is 1. The average molecular weight is 333 g/mol. The molecule has 1 aromatic rings. The molecule has 4 heteroatoms. The molecular weight excluding hydrogens is 317 g/mol. The Morgan fingerprint density at radius 2 is 2.00 bits per heavy atom. The number of aliphatic hydroxyl groups is 1. The number of benzene rings is 1. The summed E-state index contributed by atoms with van der Waals surface area (Å²) in [6.07, 6.45) is -0.0918. The van der Waals surface area contributed by atoms with Crippen LogP contribution in [0.5, 0.6) is 0 Å². The van der Waals surface area contributed by atoms with Gasteiger partial charge >= 0.3 is 0 Å². The minimum atomic E-state index is -0.481. The Kier molecular flexibility index (Phi) is 5.21. The molecule has 0 aromatic heterocycles. The first-order chi connectivity index (χ1) is 7.49. The summed E-state index contributed by atoms with van der Waals surface area (Å²) in [7, 11) is 1.71. The maximum atomic E-state index is 11.7. The summed E-state index contributed by atoms with van der Waals surface area (Å²) in [4.78, 5) is 13.3. The fraction of sp³-hybridized carbons (Fsp3) is 0.417. The van der Waals surface area contributed by atoms with Crippen molar-refractivity contribution in [3.63, 3.8) is 0 Å². The number of likely N-dealkylation sites (N-methyl/N-ethyl adjacent to an activating group) is 1. The Morgan fingerprint density at radius 1 is 1.44 bits per heavy atom. The van der Waals surface area contributed by atoms with Gasteiger partial charge in [-0.1, -0.05) is 12.1 Å². The van der Waals surface area contributed by atoms with E-state index in [0.29, 0.717) is 13.0 Å². The number of halogens is 1. The van der Waals surface area contributed by atoms with Gasteiger partial charge in [0.1, 0.15) is 0 Å². The molecule has 0 aliphatic heterocycles. The van der Waals surface area contributed by atoms with E-state index in [1.54, 1.807) is 18.9 Å². The number of hydrogen-bond donors (Lipinski definition) is 1. The Morgan fingerprint density at radius 3 is 2.50 bits per heavy atom. The van der Waals surface area contributed by atoms with Gasteiger partial charge in [0, 0.05) is 17.2 Å². The summed E-state index contributed by atoms with van der Waals surface area (Å²) >= 11 is 2.23. The van der Waals surface area contributed by atoms with Crippen LogP contribution in [-0.2, 0) is 11.2 Å². The lowest BCUT2D eigenvalue weighted by Gasteiger charge is -2.18. The van der Waals surface area contributed by atoms with E-state index in [1.165, 1.54) is 0 Å². The molecule has 1 N–H and O–H groups in total. The number of nitrogens with zero attached hydrogens (tertiary/aromatic N) is 1. The Hall–Kier alpha value is -0.620. The Labute approximate surface area is 110 Å². The van der Waals surface area contributed by atoms with Crippen LogP contribution < -0.4 is 0 Å². The van der Waals surface area contributed by atoms with Gasteiger partial charge in [0.2, 0.25) is 5.91 Å². The molecule has 1 rings (SSSR count). The summed E-state index contributed by atoms with van der Waals surface area (Å²) in [5, 5.41) is 9.18. The van der Waals surface area contributed by atoms with Crippen molar-refractivity contribution in [2.75, 3.05) is 13.6 Å². The van der Waals surface area contributed by atoms with Crippen molar-refractivity contribution in [2.45, 2.75) is 19.4 Å². The van der Waals surface area contributed by atoms with Gasteiger partial charge in [-0.2, -0.15) is 0 Å². The first-order valence-corrected chi connectivity index (χ1v) is 6.23. The normalized spacial score (nSPS) is 12.2. The van der Waals surface area contributed by atoms with Crippen LogP contribution in [0.4, 0.5) is 0 Å². The molecule has 0 saturated heterocycles. The van der Waals surface area contributed by atoms with Crippen LogP contribution >= 0.6 is 22.6 Å². The van der Waals surface area contributed by atoms with Crippen LogP contribution in [-0.4, -0.2) is 35.6 Å². The SMILES string of the molecule is C[C@H](O)CN(C)C(=O)Cc1ccc(I)cc1. The summed E-state index contributed by atoms with van der Waals surface area (Å²) < 4.78 is 1.16. The van der Waals surface area contributed by atoms with Gasteiger partial charge in [-0.15, -0.1) is 0 Å². The molecule has 0 aliphatic rings. The smallest absolute Gasteiger partial charge is 0.226 e. The Balaban J connectivity index is 2.54. The molecule has 0 aliphatic carbocycles. The molecule has 0 radical (unpaired) electrons. The third-order valence-corrected chi connectivity index (χ3v) is 2.95. The van der Waals surface area contributed by atoms with Gasteiger partial charge in [0.15, 0.2) is 0 Å². The van der Waals surface area contributed by atoms with E-state index in [0.717, 1.165) is 9.13 Å². The number of carbonyl (C=O) groups excluding carboxylic acids is 1. The second-order valence-corrected chi connectivity index (χ2v) is 5.17. The van der Waals surface area contributed by atoms with Crippen LogP contribution in [0.25, 0.3) is 0 Å². The van der Waals surface area contributed by atoms with Crippen LogP contribution in [0.15, 0.2) is 24.3 Å². The minimum absolute atomic E-state index is 0.0297. The highest BCUT2D eigenvalue weighted by Crippen LogP contribution is 2.08. The van der Waals surface area contributed by atoms with E-state index in [9.17, 15) is 9.90 Å². The maximum Gasteiger partial charge on any atom is 0.226 e. The third-order valence-electron chi connectivity index (χ3n) is 2.23. The summed E-state index contributed by atoms with van der Waals surface area (Å²) in [5.41, 5.74) is 1.00. The third kappa shape index (κ3) is 4.49. The molecular formula is C12H16INO2. The second-order valence-electron chi connectivity index (χ2n) is 3.93. The zero-order chi connectivity index (χ0) is 12.1. The van der Waals surface area contributed by atoms with Crippen molar-refractivity contribution < 1.29 is 9.90 Å². The van der Waals surface area contributed by atoms with Crippen LogP contribution in [0.1, 0.15) is 12.5 Å². The number of rotatable bonds is 4. The largest absolute Gasteiger partial charge is 0.392 e. The lowest BCUT2D eigenvalue weighted by molar-refractivity contribution is -0.130. The molecule has 0 fully saturated rings. The molecule has 0 spiro atoms. The van der Waals surface area contributed by atoms with Crippen LogP contribution in [0.3, 0.4) is 0 Å². The number of carbonyl (C=O) groups is 1. The van der Waals surface area contributed by atoms with E-state index in [-0.39, 0.29) is 5.91 Å². The van der Waals surface area contributed by atoms with Crippen LogP contribution in [0, 0.1) is 3.57 Å². The van der Waals surface area contributed by atoms with Gasteiger partial charge in [0.05, 0.1) is 12.5 Å². The summed E-state index contributed by atoms with van der Waals surface area (Å²) in [6, 6.07) is 7.88. The number of amides is 1. The van der Waals surface area contributed by atoms with Gasteiger partial charge < -0.3 is 10.0 Å². The van der Waals surface area contributed by atoms with E-state index >= 15 is 0 Å². The lowest BCUT2D eigenvalue weighted by atomic mass is 10.1. The molecule has 88 valence electrons. The monoisotopic (exact) mass is 333 g/mol. The predicted molar refractivity (Wildman–Crippen MR) is 72.2 cm³/mol. The van der Waals surface area contributed by atoms with Crippen molar-refractivity contribution in [3.8, 4) is 0 Å². The summed E-state index contributed by atoms with van der Waals surface area (Å²) in [6.45, 7) is 2.05. The first kappa shape index (κ1) is 13.4. The minimum Gasteiger partial charge on any atom is -0.392 e. The van der Waals surface area contributed by atoms with E-state index in [1.807, 2.05) is 24.3 Å². The van der Waals surface area contributed by atoms with Crippen molar-refractivity contribution >= 4 is 28.5 Å². The molecule has 3 nitrogen and oxygen atoms in total. The van der Waals surface area contributed by atoms with Crippen molar-refractivity contribution in [2.24, 2.45) is 0 Å². The predicted octanol–water partition coefficient (Wildman–Crippen LogP) is 1.67. The highest BCUT2D eigenvalue weighted by molar-refractivity contribution is 14.1. The Bertz CT molecular complexity index is 349. The topological polar surface area (TPSA) is 40.5 Å². The van der Waals surface area contributed by atoms with Crippen molar-refractivity contribution in [1.29, 1.82) is 0 Å². The summed E-state index contributed by atoms with van der Waals surface area (Å²) in [5.74, 6) is 0.0297. The zero-order valence-corrected chi connectivity index (χ0v) is 11.6. The van der Waals surface area contributed by atoms with Gasteiger partial charge in [0.25, 0.3) is 0 Å². The number of hydrogen-bond acceptors (Lipinski definition) is 2. The fourth-order valence-electron chi connectivity index (χ4n) is 1.41. The molecule has 1 aromatic carbocycles. The van der Waals surface area contributed by atoms with E-state index in [2.05, 4.69) is 22.6 Å². The molecule has 16 heavy (non-hydrogen) atoms. The fourth-order valence-corrected chi connectivity index (χ4v) is 1.77. The molecule has 0 saturated carbocycles. The van der Waals surface area contributed by atoms with Gasteiger partial charge in [-0.05, 0) is 47.2 Å². The second kappa shape index (κ2) is 6.20. The quantitative estimate of drug-likeness (QED) is 0.852. The molecule has 0 heterocycles. The molecule has 0 unspecified atom stereocenters. The van der Waals surface area contributed by atoms with Crippen molar-refractivity contribution in [1.82, 2.24) is 4.90 Å². The highest BCUT2D eigenvalue weighted by atomic mass is 127. The molecule has 1 atom stereocenters. The van der Waals surface area contributed by atoms with E-state index in [4.69, 9.17) is 0 Å². The molecule has 0 bridgehead atoms. The van der Waals surface area contributed by atoms with Crippen LogP contribution in [0.2, 0.25) is 0 Å². The van der Waals surface area contributed by atoms with Gasteiger partial charge in [-0.25, -0.2) is 0 Å². The lowest BCUT2D eigenvalue weighted by Crippen LogP contribution is -2.34. The highest BCUT2D eigenvalue weighted by Gasteiger charge is 2.11. The zero-order valence-electron chi connectivity index (χ0n) is 9.48. The maximum absolute atomic E-state index is 11.7. The first-order valence-electron chi connectivity index (χ1n) is 5.15. The average Bonchev–Trinajstić information content (AvgIpc) is 2.20. The van der Waals surface area contributed by atoms with Gasteiger partial charge in [-0.3, -0.25) is 4.79 Å².